The molecule has 1 aliphatic carbocycles. The highest BCUT2D eigenvalue weighted by Gasteiger charge is 2.24. The van der Waals surface area contributed by atoms with Crippen molar-refractivity contribution in [3.63, 3.8) is 0 Å². The minimum Gasteiger partial charge on any atom is -0.493 e. The SMILES string of the molecule is CCOc1c(CCC(=O)OC)ccc2c1CC(N)C2. The number of esters is 1. The number of benzene rings is 1. The molecule has 1 aromatic carbocycles. The summed E-state index contributed by atoms with van der Waals surface area (Å²) < 4.78 is 10.5. The van der Waals surface area contributed by atoms with Crippen LogP contribution < -0.4 is 10.5 Å². The van der Waals surface area contributed by atoms with Crippen LogP contribution in [0.4, 0.5) is 0 Å². The van der Waals surface area contributed by atoms with Crippen LogP contribution in [-0.4, -0.2) is 25.7 Å². The number of carbonyl (C=O) groups excluding carboxylic acids is 1. The van der Waals surface area contributed by atoms with Gasteiger partial charge in [0.05, 0.1) is 13.7 Å². The maximum absolute atomic E-state index is 11.3. The number of carbonyl (C=O) groups is 1. The van der Waals surface area contributed by atoms with Crippen LogP contribution in [0.25, 0.3) is 0 Å². The Morgan fingerprint density at radius 2 is 2.21 bits per heavy atom. The number of methoxy groups -OCH3 is 1. The van der Waals surface area contributed by atoms with Gasteiger partial charge in [0.1, 0.15) is 5.75 Å². The summed E-state index contributed by atoms with van der Waals surface area (Å²) in [5.74, 6) is 0.733. The van der Waals surface area contributed by atoms with E-state index in [9.17, 15) is 4.79 Å². The van der Waals surface area contributed by atoms with Crippen LogP contribution in [0.2, 0.25) is 0 Å². The number of aryl methyl sites for hydroxylation is 1. The summed E-state index contributed by atoms with van der Waals surface area (Å²) in [5.41, 5.74) is 9.58. The van der Waals surface area contributed by atoms with Gasteiger partial charge in [-0.3, -0.25) is 4.79 Å². The van der Waals surface area contributed by atoms with E-state index in [1.807, 2.05) is 13.0 Å². The molecule has 0 bridgehead atoms. The third kappa shape index (κ3) is 3.07. The van der Waals surface area contributed by atoms with Crippen molar-refractivity contribution in [2.45, 2.75) is 38.6 Å². The highest BCUT2D eigenvalue weighted by Crippen LogP contribution is 2.34. The molecule has 0 radical (unpaired) electrons. The zero-order chi connectivity index (χ0) is 13.8. The Hall–Kier alpha value is -1.55. The Bertz CT molecular complexity index is 471. The van der Waals surface area contributed by atoms with Crippen LogP contribution in [0.3, 0.4) is 0 Å². The van der Waals surface area contributed by atoms with E-state index in [-0.39, 0.29) is 12.0 Å². The van der Waals surface area contributed by atoms with E-state index in [0.29, 0.717) is 19.4 Å². The molecule has 1 unspecified atom stereocenters. The van der Waals surface area contributed by atoms with Gasteiger partial charge in [-0.05, 0) is 42.9 Å². The molecule has 1 atom stereocenters. The summed E-state index contributed by atoms with van der Waals surface area (Å²) in [6.45, 7) is 2.59. The number of hydrogen-bond acceptors (Lipinski definition) is 4. The maximum atomic E-state index is 11.3. The fourth-order valence-corrected chi connectivity index (χ4v) is 2.61. The van der Waals surface area contributed by atoms with Crippen molar-refractivity contribution in [3.05, 3.63) is 28.8 Å². The van der Waals surface area contributed by atoms with Crippen molar-refractivity contribution in [3.8, 4) is 5.75 Å². The first-order chi connectivity index (χ1) is 9.15. The fraction of sp³-hybridized carbons (Fsp3) is 0.533. The zero-order valence-electron chi connectivity index (χ0n) is 11.6. The summed E-state index contributed by atoms with van der Waals surface area (Å²) >= 11 is 0. The average Bonchev–Trinajstić information content (AvgIpc) is 2.78. The average molecular weight is 263 g/mol. The summed E-state index contributed by atoms with van der Waals surface area (Å²) in [7, 11) is 1.41. The summed E-state index contributed by atoms with van der Waals surface area (Å²) in [6.07, 6.45) is 2.79. The predicted octanol–water partition coefficient (Wildman–Crippen LogP) is 1.62. The van der Waals surface area contributed by atoms with Gasteiger partial charge in [-0.25, -0.2) is 0 Å². The summed E-state index contributed by atoms with van der Waals surface area (Å²) in [6, 6.07) is 4.34. The number of nitrogens with two attached hydrogens (primary N) is 1. The number of hydrogen-bond donors (Lipinski definition) is 1. The van der Waals surface area contributed by atoms with Crippen molar-refractivity contribution in [1.29, 1.82) is 0 Å². The third-order valence-electron chi connectivity index (χ3n) is 3.50. The molecule has 0 fully saturated rings. The minimum absolute atomic E-state index is 0.185. The molecule has 4 nitrogen and oxygen atoms in total. The van der Waals surface area contributed by atoms with Crippen molar-refractivity contribution < 1.29 is 14.3 Å². The fourth-order valence-electron chi connectivity index (χ4n) is 2.61. The van der Waals surface area contributed by atoms with Gasteiger partial charge in [0.15, 0.2) is 0 Å². The van der Waals surface area contributed by atoms with Crippen molar-refractivity contribution >= 4 is 5.97 Å². The molecule has 2 rings (SSSR count). The molecule has 4 heteroatoms. The van der Waals surface area contributed by atoms with Gasteiger partial charge in [-0.15, -0.1) is 0 Å². The Morgan fingerprint density at radius 1 is 1.42 bits per heavy atom. The monoisotopic (exact) mass is 263 g/mol. The number of ether oxygens (including phenoxy) is 2. The Labute approximate surface area is 113 Å². The standard InChI is InChI=1S/C15H21NO3/c1-3-19-15-10(6-7-14(17)18-2)4-5-11-8-12(16)9-13(11)15/h4-5,12H,3,6-9,16H2,1-2H3. The molecule has 0 saturated carbocycles. The normalized spacial score (nSPS) is 17.1. The lowest BCUT2D eigenvalue weighted by molar-refractivity contribution is -0.140. The number of rotatable bonds is 5. The molecular formula is C15H21NO3. The smallest absolute Gasteiger partial charge is 0.305 e. The Morgan fingerprint density at radius 3 is 2.89 bits per heavy atom. The van der Waals surface area contributed by atoms with Crippen molar-refractivity contribution in [2.75, 3.05) is 13.7 Å². The van der Waals surface area contributed by atoms with E-state index in [1.165, 1.54) is 18.2 Å². The van der Waals surface area contributed by atoms with Crippen LogP contribution in [0.15, 0.2) is 12.1 Å². The molecule has 19 heavy (non-hydrogen) atoms. The molecule has 0 aliphatic heterocycles. The maximum Gasteiger partial charge on any atom is 0.305 e. The topological polar surface area (TPSA) is 61.5 Å². The molecule has 0 saturated heterocycles. The molecule has 0 aromatic heterocycles. The van der Waals surface area contributed by atoms with Gasteiger partial charge >= 0.3 is 5.97 Å². The van der Waals surface area contributed by atoms with E-state index < -0.39 is 0 Å². The lowest BCUT2D eigenvalue weighted by Gasteiger charge is -2.14. The second-order valence-corrected chi connectivity index (χ2v) is 4.87. The summed E-state index contributed by atoms with van der Waals surface area (Å²) in [5, 5.41) is 0. The van der Waals surface area contributed by atoms with Gasteiger partial charge in [0, 0.05) is 12.5 Å². The molecule has 0 heterocycles. The molecule has 104 valence electrons. The quantitative estimate of drug-likeness (QED) is 0.820. The van der Waals surface area contributed by atoms with Crippen molar-refractivity contribution in [1.82, 2.24) is 0 Å². The number of fused-ring (bicyclic) bond motifs is 1. The Kier molecular flexibility index (Phi) is 4.43. The van der Waals surface area contributed by atoms with Gasteiger partial charge in [0.2, 0.25) is 0 Å². The van der Waals surface area contributed by atoms with Crippen LogP contribution in [0, 0.1) is 0 Å². The van der Waals surface area contributed by atoms with E-state index in [1.54, 1.807) is 0 Å². The van der Waals surface area contributed by atoms with Gasteiger partial charge in [0.25, 0.3) is 0 Å². The first-order valence-electron chi connectivity index (χ1n) is 6.74. The third-order valence-corrected chi connectivity index (χ3v) is 3.50. The lowest BCUT2D eigenvalue weighted by Crippen LogP contribution is -2.19. The van der Waals surface area contributed by atoms with Crippen LogP contribution in [0.1, 0.15) is 30.0 Å². The van der Waals surface area contributed by atoms with Crippen LogP contribution in [-0.2, 0) is 28.8 Å². The molecular weight excluding hydrogens is 242 g/mol. The molecule has 0 spiro atoms. The lowest BCUT2D eigenvalue weighted by atomic mass is 10.0. The highest BCUT2D eigenvalue weighted by atomic mass is 16.5. The zero-order valence-corrected chi connectivity index (χ0v) is 11.6. The second kappa shape index (κ2) is 6.06. The van der Waals surface area contributed by atoms with E-state index in [2.05, 4.69) is 10.8 Å². The largest absolute Gasteiger partial charge is 0.493 e. The highest BCUT2D eigenvalue weighted by molar-refractivity contribution is 5.69. The Balaban J connectivity index is 2.23. The van der Waals surface area contributed by atoms with Crippen LogP contribution in [0.5, 0.6) is 5.75 Å². The minimum atomic E-state index is -0.195. The molecule has 1 aromatic rings. The molecule has 2 N–H and O–H groups in total. The van der Waals surface area contributed by atoms with E-state index in [0.717, 1.165) is 24.2 Å². The second-order valence-electron chi connectivity index (χ2n) is 4.87. The first kappa shape index (κ1) is 13.9. The first-order valence-corrected chi connectivity index (χ1v) is 6.74. The molecule has 0 amide bonds. The van der Waals surface area contributed by atoms with Gasteiger partial charge in [-0.1, -0.05) is 12.1 Å². The molecule has 1 aliphatic rings. The van der Waals surface area contributed by atoms with E-state index >= 15 is 0 Å². The predicted molar refractivity (Wildman–Crippen MR) is 73.3 cm³/mol. The summed E-state index contributed by atoms with van der Waals surface area (Å²) in [4.78, 5) is 11.3. The van der Waals surface area contributed by atoms with Gasteiger partial charge in [-0.2, -0.15) is 0 Å². The van der Waals surface area contributed by atoms with Gasteiger partial charge < -0.3 is 15.2 Å². The van der Waals surface area contributed by atoms with Crippen molar-refractivity contribution in [2.24, 2.45) is 5.73 Å². The van der Waals surface area contributed by atoms with Crippen LogP contribution >= 0.6 is 0 Å². The van der Waals surface area contributed by atoms with E-state index in [4.69, 9.17) is 10.5 Å².